The van der Waals surface area contributed by atoms with Crippen LogP contribution >= 0.6 is 11.8 Å². The second-order valence-corrected chi connectivity index (χ2v) is 6.99. The second-order valence-electron chi connectivity index (χ2n) is 5.97. The Morgan fingerprint density at radius 2 is 1.96 bits per heavy atom. The van der Waals surface area contributed by atoms with Crippen LogP contribution < -0.4 is 10.6 Å². The highest BCUT2D eigenvalue weighted by Gasteiger charge is 2.18. The molecule has 0 aromatic heterocycles. The minimum atomic E-state index is -0.618. The first-order chi connectivity index (χ1) is 12.4. The number of carbonyl (C=O) groups is 3. The summed E-state index contributed by atoms with van der Waals surface area (Å²) in [5, 5.41) is 5.41. The molecule has 6 nitrogen and oxygen atoms in total. The molecule has 0 bridgehead atoms. The number of carbonyl (C=O) groups excluding carboxylic acids is 3. The smallest absolute Gasteiger partial charge is 0.338 e. The number of esters is 1. The number of hydrogen-bond donors (Lipinski definition) is 2. The number of hydrogen-bond acceptors (Lipinski definition) is 5. The summed E-state index contributed by atoms with van der Waals surface area (Å²) in [6, 6.07) is 10.5. The van der Waals surface area contributed by atoms with E-state index in [1.807, 2.05) is 26.0 Å². The van der Waals surface area contributed by atoms with Gasteiger partial charge >= 0.3 is 5.97 Å². The van der Waals surface area contributed by atoms with E-state index >= 15 is 0 Å². The number of amides is 2. The van der Waals surface area contributed by atoms with E-state index in [0.29, 0.717) is 17.1 Å². The van der Waals surface area contributed by atoms with E-state index in [-0.39, 0.29) is 18.1 Å². The van der Waals surface area contributed by atoms with Gasteiger partial charge in [-0.2, -0.15) is 0 Å². The molecule has 2 aromatic carbocycles. The van der Waals surface area contributed by atoms with Crippen LogP contribution in [0.15, 0.2) is 41.3 Å². The number of ether oxygens (including phenoxy) is 1. The van der Waals surface area contributed by atoms with Gasteiger partial charge in [-0.25, -0.2) is 4.79 Å². The summed E-state index contributed by atoms with van der Waals surface area (Å²) >= 11 is 1.41. The third kappa shape index (κ3) is 4.23. The molecule has 0 fully saturated rings. The van der Waals surface area contributed by atoms with Crippen molar-refractivity contribution in [3.8, 4) is 0 Å². The number of anilines is 2. The van der Waals surface area contributed by atoms with Gasteiger partial charge in [0.25, 0.3) is 5.91 Å². The molecule has 0 saturated carbocycles. The minimum absolute atomic E-state index is 0.110. The number of nitrogens with one attached hydrogen (secondary N) is 2. The van der Waals surface area contributed by atoms with E-state index in [0.717, 1.165) is 16.0 Å². The highest BCUT2D eigenvalue weighted by atomic mass is 32.2. The molecule has 0 radical (unpaired) electrons. The summed E-state index contributed by atoms with van der Waals surface area (Å²) in [5.41, 5.74) is 3.72. The molecule has 2 amide bonds. The maximum atomic E-state index is 12.1. The monoisotopic (exact) mass is 370 g/mol. The normalized spacial score (nSPS) is 12.8. The number of thioether (sulfide) groups is 1. The fourth-order valence-electron chi connectivity index (χ4n) is 2.44. The van der Waals surface area contributed by atoms with Crippen molar-refractivity contribution in [2.45, 2.75) is 18.7 Å². The number of rotatable bonds is 4. The predicted octanol–water partition coefficient (Wildman–Crippen LogP) is 3.14. The van der Waals surface area contributed by atoms with E-state index in [1.54, 1.807) is 24.3 Å². The highest BCUT2D eigenvalue weighted by Crippen LogP contribution is 2.32. The maximum Gasteiger partial charge on any atom is 0.338 e. The summed E-state index contributed by atoms with van der Waals surface area (Å²) in [6.07, 6.45) is 0. The van der Waals surface area contributed by atoms with Crippen LogP contribution in [0.2, 0.25) is 0 Å². The molecule has 2 aromatic rings. The van der Waals surface area contributed by atoms with Crippen molar-refractivity contribution in [3.63, 3.8) is 0 Å². The zero-order chi connectivity index (χ0) is 18.7. The van der Waals surface area contributed by atoms with Gasteiger partial charge in [0.2, 0.25) is 5.91 Å². The van der Waals surface area contributed by atoms with Crippen LogP contribution in [0.5, 0.6) is 0 Å². The van der Waals surface area contributed by atoms with Crippen molar-refractivity contribution in [3.05, 3.63) is 53.1 Å². The van der Waals surface area contributed by atoms with Gasteiger partial charge in [-0.1, -0.05) is 6.07 Å². The first-order valence-electron chi connectivity index (χ1n) is 8.03. The Bertz CT molecular complexity index is 895. The van der Waals surface area contributed by atoms with Gasteiger partial charge in [0.15, 0.2) is 6.61 Å². The molecule has 7 heteroatoms. The summed E-state index contributed by atoms with van der Waals surface area (Å²) < 4.78 is 5.06. The molecule has 1 heterocycles. The fourth-order valence-corrected chi connectivity index (χ4v) is 3.23. The zero-order valence-electron chi connectivity index (χ0n) is 14.4. The van der Waals surface area contributed by atoms with Gasteiger partial charge in [0.1, 0.15) is 0 Å². The van der Waals surface area contributed by atoms with Gasteiger partial charge in [-0.3, -0.25) is 9.59 Å². The van der Waals surface area contributed by atoms with Crippen LogP contribution in [0, 0.1) is 13.8 Å². The Morgan fingerprint density at radius 3 is 2.73 bits per heavy atom. The minimum Gasteiger partial charge on any atom is -0.452 e. The third-order valence-electron chi connectivity index (χ3n) is 3.97. The number of aryl methyl sites for hydroxylation is 2. The average Bonchev–Trinajstić information content (AvgIpc) is 2.62. The molecule has 2 N–H and O–H groups in total. The number of benzene rings is 2. The number of fused-ring (bicyclic) bond motifs is 1. The van der Waals surface area contributed by atoms with Crippen LogP contribution in [0.25, 0.3) is 0 Å². The van der Waals surface area contributed by atoms with Crippen molar-refractivity contribution in [1.29, 1.82) is 0 Å². The van der Waals surface area contributed by atoms with Crippen LogP contribution in [-0.2, 0) is 14.3 Å². The Labute approximate surface area is 155 Å². The Balaban J connectivity index is 1.58. The molecule has 0 aliphatic carbocycles. The van der Waals surface area contributed by atoms with E-state index in [2.05, 4.69) is 10.6 Å². The molecule has 0 saturated heterocycles. The van der Waals surface area contributed by atoms with E-state index in [4.69, 9.17) is 4.74 Å². The standard InChI is InChI=1S/C19H18N2O4S/c1-11-3-5-14(7-12(11)2)20-17(22)9-25-19(24)13-4-6-16-15(8-13)21-18(23)10-26-16/h3-8H,9-10H2,1-2H3,(H,20,22)(H,21,23). The maximum absolute atomic E-state index is 12.1. The van der Waals surface area contributed by atoms with Crippen molar-refractivity contribution >= 4 is 40.9 Å². The average molecular weight is 370 g/mol. The molecule has 0 spiro atoms. The molecule has 26 heavy (non-hydrogen) atoms. The van der Waals surface area contributed by atoms with Gasteiger partial charge in [-0.05, 0) is 55.3 Å². The van der Waals surface area contributed by atoms with Crippen molar-refractivity contribution in [1.82, 2.24) is 0 Å². The molecular formula is C19H18N2O4S. The van der Waals surface area contributed by atoms with Crippen LogP contribution in [0.4, 0.5) is 11.4 Å². The molecule has 0 unspecified atom stereocenters. The summed E-state index contributed by atoms with van der Waals surface area (Å²) in [5.74, 6) is -0.785. The van der Waals surface area contributed by atoms with Gasteiger partial charge < -0.3 is 15.4 Å². The lowest BCUT2D eigenvalue weighted by molar-refractivity contribution is -0.119. The van der Waals surface area contributed by atoms with Gasteiger partial charge in [0, 0.05) is 10.6 Å². The topological polar surface area (TPSA) is 84.5 Å². The largest absolute Gasteiger partial charge is 0.452 e. The molecular weight excluding hydrogens is 352 g/mol. The van der Waals surface area contributed by atoms with Crippen LogP contribution in [-0.4, -0.2) is 30.1 Å². The zero-order valence-corrected chi connectivity index (χ0v) is 15.2. The van der Waals surface area contributed by atoms with Gasteiger partial charge in [-0.15, -0.1) is 11.8 Å². The second kappa shape index (κ2) is 7.61. The lowest BCUT2D eigenvalue weighted by atomic mass is 10.1. The van der Waals surface area contributed by atoms with Gasteiger partial charge in [0.05, 0.1) is 17.0 Å². The predicted molar refractivity (Wildman–Crippen MR) is 101 cm³/mol. The van der Waals surface area contributed by atoms with Crippen molar-refractivity contribution in [2.75, 3.05) is 23.0 Å². The molecule has 3 rings (SSSR count). The molecule has 1 aliphatic heterocycles. The van der Waals surface area contributed by atoms with Crippen LogP contribution in [0.3, 0.4) is 0 Å². The Morgan fingerprint density at radius 1 is 1.15 bits per heavy atom. The van der Waals surface area contributed by atoms with E-state index < -0.39 is 11.9 Å². The Kier molecular flexibility index (Phi) is 5.27. The van der Waals surface area contributed by atoms with Crippen molar-refractivity contribution in [2.24, 2.45) is 0 Å². The highest BCUT2D eigenvalue weighted by molar-refractivity contribution is 8.00. The van der Waals surface area contributed by atoms with E-state index in [9.17, 15) is 14.4 Å². The fraction of sp³-hybridized carbons (Fsp3) is 0.211. The molecule has 1 aliphatic rings. The molecule has 134 valence electrons. The quantitative estimate of drug-likeness (QED) is 0.808. The summed E-state index contributed by atoms with van der Waals surface area (Å²) in [4.78, 5) is 36.5. The molecule has 0 atom stereocenters. The first-order valence-corrected chi connectivity index (χ1v) is 9.02. The van der Waals surface area contributed by atoms with Crippen LogP contribution in [0.1, 0.15) is 21.5 Å². The summed E-state index contributed by atoms with van der Waals surface area (Å²) in [6.45, 7) is 3.56. The first kappa shape index (κ1) is 18.0. The lowest BCUT2D eigenvalue weighted by Gasteiger charge is -2.16. The SMILES string of the molecule is Cc1ccc(NC(=O)COC(=O)c2ccc3c(c2)NC(=O)CS3)cc1C. The van der Waals surface area contributed by atoms with E-state index in [1.165, 1.54) is 11.8 Å². The Hall–Kier alpha value is -2.80. The van der Waals surface area contributed by atoms with Crippen molar-refractivity contribution < 1.29 is 19.1 Å². The summed E-state index contributed by atoms with van der Waals surface area (Å²) in [7, 11) is 0. The lowest BCUT2D eigenvalue weighted by Crippen LogP contribution is -2.22. The third-order valence-corrected chi connectivity index (χ3v) is 5.05.